The second-order valence-electron chi connectivity index (χ2n) is 7.07. The first-order chi connectivity index (χ1) is 15.2. The molecule has 2 aromatic carbocycles. The van der Waals surface area contributed by atoms with Crippen LogP contribution < -0.4 is 5.32 Å². The summed E-state index contributed by atoms with van der Waals surface area (Å²) < 4.78 is 66.1. The van der Waals surface area contributed by atoms with Crippen molar-refractivity contribution in [2.24, 2.45) is 0 Å². The standard InChI is InChI=1S/C20H17F3N4O3S2/c21-20(22,23)14-8-4-9-15(12-14)32(29,30)27-11-5-10-16(27)17(28)24-19-26-25-18(31-19)13-6-2-1-3-7-13/h1-4,6-9,12,16H,5,10-11H2,(H,24,26,28)/t16-/m0/s1. The van der Waals surface area contributed by atoms with E-state index >= 15 is 0 Å². The van der Waals surface area contributed by atoms with Crippen LogP contribution in [0.5, 0.6) is 0 Å². The molecule has 1 fully saturated rings. The zero-order valence-corrected chi connectivity index (χ0v) is 18.0. The monoisotopic (exact) mass is 482 g/mol. The third-order valence-electron chi connectivity index (χ3n) is 4.95. The van der Waals surface area contributed by atoms with E-state index in [9.17, 15) is 26.4 Å². The molecule has 2 heterocycles. The van der Waals surface area contributed by atoms with Crippen LogP contribution in [0, 0.1) is 0 Å². The summed E-state index contributed by atoms with van der Waals surface area (Å²) in [6, 6.07) is 11.7. The molecular formula is C20H17F3N4O3S2. The predicted molar refractivity (Wildman–Crippen MR) is 112 cm³/mol. The van der Waals surface area contributed by atoms with Crippen molar-refractivity contribution in [1.29, 1.82) is 0 Å². The number of nitrogens with one attached hydrogen (secondary N) is 1. The zero-order chi connectivity index (χ0) is 22.9. The van der Waals surface area contributed by atoms with Gasteiger partial charge in [-0.15, -0.1) is 10.2 Å². The summed E-state index contributed by atoms with van der Waals surface area (Å²) >= 11 is 1.14. The van der Waals surface area contributed by atoms with Crippen molar-refractivity contribution < 1.29 is 26.4 Å². The number of benzene rings is 2. The van der Waals surface area contributed by atoms with Crippen molar-refractivity contribution in [3.8, 4) is 10.6 Å². The van der Waals surface area contributed by atoms with E-state index in [1.165, 1.54) is 0 Å². The smallest absolute Gasteiger partial charge is 0.299 e. The first kappa shape index (κ1) is 22.4. The summed E-state index contributed by atoms with van der Waals surface area (Å²) in [5, 5.41) is 11.3. The Morgan fingerprint density at radius 1 is 1.09 bits per heavy atom. The van der Waals surface area contributed by atoms with Crippen LogP contribution in [0.3, 0.4) is 0 Å². The molecule has 1 saturated heterocycles. The Kier molecular flexibility index (Phi) is 6.01. The lowest BCUT2D eigenvalue weighted by Gasteiger charge is -2.23. The lowest BCUT2D eigenvalue weighted by Crippen LogP contribution is -2.43. The highest BCUT2D eigenvalue weighted by Crippen LogP contribution is 2.33. The van der Waals surface area contributed by atoms with Crippen LogP contribution >= 0.6 is 11.3 Å². The first-order valence-electron chi connectivity index (χ1n) is 9.55. The largest absolute Gasteiger partial charge is 0.416 e. The summed E-state index contributed by atoms with van der Waals surface area (Å²) in [5.41, 5.74) is -0.249. The topological polar surface area (TPSA) is 92.3 Å². The highest BCUT2D eigenvalue weighted by atomic mass is 32.2. The summed E-state index contributed by atoms with van der Waals surface area (Å²) in [5.74, 6) is -0.603. The number of aromatic nitrogens is 2. The molecule has 1 amide bonds. The summed E-state index contributed by atoms with van der Waals surface area (Å²) in [7, 11) is -4.31. The average molecular weight is 483 g/mol. The number of halogens is 3. The average Bonchev–Trinajstić information content (AvgIpc) is 3.44. The van der Waals surface area contributed by atoms with Crippen LogP contribution in [0.2, 0.25) is 0 Å². The van der Waals surface area contributed by atoms with Crippen LogP contribution in [0.4, 0.5) is 18.3 Å². The van der Waals surface area contributed by atoms with Gasteiger partial charge in [0.2, 0.25) is 21.1 Å². The highest BCUT2D eigenvalue weighted by Gasteiger charge is 2.40. The Morgan fingerprint density at radius 3 is 2.56 bits per heavy atom. The second-order valence-corrected chi connectivity index (χ2v) is 9.94. The number of hydrogen-bond donors (Lipinski definition) is 1. The fourth-order valence-electron chi connectivity index (χ4n) is 3.42. The maximum absolute atomic E-state index is 13.0. The minimum atomic E-state index is -4.68. The van der Waals surface area contributed by atoms with Gasteiger partial charge in [-0.25, -0.2) is 8.42 Å². The number of anilines is 1. The van der Waals surface area contributed by atoms with E-state index in [0.717, 1.165) is 39.4 Å². The first-order valence-corrected chi connectivity index (χ1v) is 11.8. The molecule has 1 aliphatic rings. The van der Waals surface area contributed by atoms with E-state index in [4.69, 9.17) is 0 Å². The van der Waals surface area contributed by atoms with E-state index < -0.39 is 38.6 Å². The molecule has 7 nitrogen and oxygen atoms in total. The highest BCUT2D eigenvalue weighted by molar-refractivity contribution is 7.89. The molecule has 32 heavy (non-hydrogen) atoms. The van der Waals surface area contributed by atoms with Gasteiger partial charge >= 0.3 is 6.18 Å². The minimum Gasteiger partial charge on any atom is -0.299 e. The van der Waals surface area contributed by atoms with Gasteiger partial charge in [-0.2, -0.15) is 17.5 Å². The summed E-state index contributed by atoms with van der Waals surface area (Å²) in [6.07, 6.45) is -4.03. The Hall–Kier alpha value is -2.83. The molecule has 0 saturated carbocycles. The van der Waals surface area contributed by atoms with Crippen LogP contribution in [0.25, 0.3) is 10.6 Å². The van der Waals surface area contributed by atoms with E-state index in [1.807, 2.05) is 30.3 Å². The van der Waals surface area contributed by atoms with Gasteiger partial charge in [-0.1, -0.05) is 47.7 Å². The number of carbonyl (C=O) groups is 1. The van der Waals surface area contributed by atoms with Gasteiger partial charge in [0.05, 0.1) is 10.5 Å². The molecule has 1 aromatic heterocycles. The molecule has 0 radical (unpaired) electrons. The van der Waals surface area contributed by atoms with Gasteiger partial charge in [0.25, 0.3) is 0 Å². The maximum atomic E-state index is 13.0. The number of hydrogen-bond acceptors (Lipinski definition) is 6. The third kappa shape index (κ3) is 4.52. The van der Waals surface area contributed by atoms with Gasteiger partial charge in [0, 0.05) is 12.1 Å². The van der Waals surface area contributed by atoms with E-state index in [1.54, 1.807) is 0 Å². The molecule has 0 aliphatic carbocycles. The van der Waals surface area contributed by atoms with Gasteiger partial charge in [-0.3, -0.25) is 10.1 Å². The van der Waals surface area contributed by atoms with Crippen LogP contribution in [-0.4, -0.2) is 41.4 Å². The Labute approximate surface area is 186 Å². The molecule has 12 heteroatoms. The second kappa shape index (κ2) is 8.60. The van der Waals surface area contributed by atoms with Gasteiger partial charge in [-0.05, 0) is 31.0 Å². The van der Waals surface area contributed by atoms with Gasteiger partial charge in [0.15, 0.2) is 0 Å². The lowest BCUT2D eigenvalue weighted by atomic mass is 10.2. The number of alkyl halides is 3. The van der Waals surface area contributed by atoms with Crippen LogP contribution in [0.1, 0.15) is 18.4 Å². The van der Waals surface area contributed by atoms with Crippen LogP contribution in [-0.2, 0) is 21.0 Å². The number of amides is 1. The van der Waals surface area contributed by atoms with Gasteiger partial charge in [0.1, 0.15) is 11.0 Å². The van der Waals surface area contributed by atoms with Crippen molar-refractivity contribution in [3.05, 3.63) is 60.2 Å². The van der Waals surface area contributed by atoms with Crippen molar-refractivity contribution in [3.63, 3.8) is 0 Å². The quantitative estimate of drug-likeness (QED) is 0.593. The molecule has 4 rings (SSSR count). The molecular weight excluding hydrogens is 465 g/mol. The van der Waals surface area contributed by atoms with E-state index in [-0.39, 0.29) is 18.1 Å². The molecule has 1 N–H and O–H groups in total. The number of nitrogens with zero attached hydrogens (tertiary/aromatic N) is 3. The maximum Gasteiger partial charge on any atom is 0.416 e. The molecule has 0 bridgehead atoms. The fraction of sp³-hybridized carbons (Fsp3) is 0.250. The molecule has 0 unspecified atom stereocenters. The van der Waals surface area contributed by atoms with Crippen molar-refractivity contribution in [2.45, 2.75) is 30.0 Å². The number of rotatable bonds is 5. The van der Waals surface area contributed by atoms with E-state index in [2.05, 4.69) is 15.5 Å². The number of sulfonamides is 1. The number of carbonyl (C=O) groups excluding carboxylic acids is 1. The fourth-order valence-corrected chi connectivity index (χ4v) is 5.87. The minimum absolute atomic E-state index is 0.0298. The molecule has 0 spiro atoms. The SMILES string of the molecule is O=C(Nc1nnc(-c2ccccc2)s1)[C@@H]1CCCN1S(=O)(=O)c1cccc(C(F)(F)F)c1. The molecule has 1 aliphatic heterocycles. The predicted octanol–water partition coefficient (Wildman–Crippen LogP) is 4.02. The van der Waals surface area contributed by atoms with Crippen molar-refractivity contribution >= 4 is 32.4 Å². The van der Waals surface area contributed by atoms with Crippen molar-refractivity contribution in [1.82, 2.24) is 14.5 Å². The third-order valence-corrected chi connectivity index (χ3v) is 7.74. The van der Waals surface area contributed by atoms with Crippen molar-refractivity contribution in [2.75, 3.05) is 11.9 Å². The van der Waals surface area contributed by atoms with Crippen LogP contribution in [0.15, 0.2) is 59.5 Å². The molecule has 3 aromatic rings. The zero-order valence-electron chi connectivity index (χ0n) is 16.4. The van der Waals surface area contributed by atoms with E-state index in [0.29, 0.717) is 17.5 Å². The Balaban J connectivity index is 1.53. The lowest BCUT2D eigenvalue weighted by molar-refractivity contribution is -0.137. The van der Waals surface area contributed by atoms with Gasteiger partial charge < -0.3 is 0 Å². The Morgan fingerprint density at radius 2 is 1.84 bits per heavy atom. The molecule has 1 atom stereocenters. The Bertz CT molecular complexity index is 1230. The summed E-state index contributed by atoms with van der Waals surface area (Å²) in [4.78, 5) is 12.3. The normalized spacial score (nSPS) is 17.4. The molecule has 168 valence electrons. The summed E-state index contributed by atoms with van der Waals surface area (Å²) in [6.45, 7) is 0.0298.